The molecule has 0 spiro atoms. The molecule has 154 valence electrons. The predicted molar refractivity (Wildman–Crippen MR) is 128 cm³/mol. The Balaban J connectivity index is 0.00000392. The summed E-state index contributed by atoms with van der Waals surface area (Å²) in [6.45, 7) is 7.06. The molecule has 0 fully saturated rings. The molecule has 0 amide bonds. The first kappa shape index (κ1) is 24.4. The number of guanidine groups is 1. The van der Waals surface area contributed by atoms with Gasteiger partial charge in [0.1, 0.15) is 0 Å². The van der Waals surface area contributed by atoms with Crippen LogP contribution in [-0.4, -0.2) is 48.8 Å². The number of benzene rings is 2. The number of nitrogens with one attached hydrogen (secondary N) is 2. The summed E-state index contributed by atoms with van der Waals surface area (Å²) in [5.74, 6) is 0.768. The van der Waals surface area contributed by atoms with Crippen molar-refractivity contribution in [3.63, 3.8) is 0 Å². The van der Waals surface area contributed by atoms with Crippen LogP contribution in [0.4, 0.5) is 0 Å². The lowest BCUT2D eigenvalue weighted by Crippen LogP contribution is -2.38. The Morgan fingerprint density at radius 3 is 2.00 bits per heavy atom. The van der Waals surface area contributed by atoms with Crippen LogP contribution in [0.1, 0.15) is 24.5 Å². The fourth-order valence-electron chi connectivity index (χ4n) is 2.90. The van der Waals surface area contributed by atoms with Gasteiger partial charge in [-0.15, -0.1) is 24.0 Å². The molecule has 28 heavy (non-hydrogen) atoms. The highest BCUT2D eigenvalue weighted by molar-refractivity contribution is 14.0. The lowest BCUT2D eigenvalue weighted by atomic mass is 10.1. The molecule has 0 bridgehead atoms. The van der Waals surface area contributed by atoms with Gasteiger partial charge in [0.15, 0.2) is 5.96 Å². The first-order valence-corrected chi connectivity index (χ1v) is 9.75. The van der Waals surface area contributed by atoms with Crippen molar-refractivity contribution in [1.29, 1.82) is 0 Å². The van der Waals surface area contributed by atoms with Crippen molar-refractivity contribution >= 4 is 29.9 Å². The number of aliphatic hydroxyl groups excluding tert-OH is 1. The molecule has 6 heteroatoms. The number of nitrogens with zero attached hydrogens (tertiary/aromatic N) is 2. The maximum Gasteiger partial charge on any atom is 0.191 e. The second-order valence-corrected chi connectivity index (χ2v) is 6.45. The lowest BCUT2D eigenvalue weighted by molar-refractivity contribution is 0.255. The second kappa shape index (κ2) is 15.3. The van der Waals surface area contributed by atoms with Crippen molar-refractivity contribution in [3.05, 3.63) is 71.8 Å². The molecular weight excluding hydrogens is 463 g/mol. The minimum absolute atomic E-state index is 0. The van der Waals surface area contributed by atoms with Crippen LogP contribution in [0.25, 0.3) is 0 Å². The highest BCUT2D eigenvalue weighted by atomic mass is 127. The molecule has 2 rings (SSSR count). The zero-order chi connectivity index (χ0) is 19.2. The topological polar surface area (TPSA) is 59.9 Å². The van der Waals surface area contributed by atoms with Crippen molar-refractivity contribution in [3.8, 4) is 0 Å². The zero-order valence-corrected chi connectivity index (χ0v) is 19.0. The quantitative estimate of drug-likeness (QED) is 0.194. The molecule has 2 aromatic carbocycles. The van der Waals surface area contributed by atoms with Crippen LogP contribution in [0.15, 0.2) is 65.7 Å². The molecule has 0 aromatic heterocycles. The Morgan fingerprint density at radius 2 is 1.50 bits per heavy atom. The summed E-state index contributed by atoms with van der Waals surface area (Å²) >= 11 is 0. The molecule has 0 atom stereocenters. The molecule has 5 nitrogen and oxygen atoms in total. The highest BCUT2D eigenvalue weighted by Gasteiger charge is 2.07. The largest absolute Gasteiger partial charge is 0.395 e. The maximum absolute atomic E-state index is 8.96. The Bertz CT molecular complexity index is 611. The third kappa shape index (κ3) is 10.1. The number of aliphatic hydroxyl groups is 1. The van der Waals surface area contributed by atoms with Gasteiger partial charge in [0.25, 0.3) is 0 Å². The van der Waals surface area contributed by atoms with Gasteiger partial charge in [-0.3, -0.25) is 9.89 Å². The first-order chi connectivity index (χ1) is 13.3. The molecule has 0 heterocycles. The van der Waals surface area contributed by atoms with Gasteiger partial charge in [0.05, 0.1) is 6.61 Å². The fourth-order valence-corrected chi connectivity index (χ4v) is 2.90. The van der Waals surface area contributed by atoms with Crippen LogP contribution in [0.5, 0.6) is 0 Å². The van der Waals surface area contributed by atoms with E-state index in [0.717, 1.165) is 45.1 Å². The van der Waals surface area contributed by atoms with Gasteiger partial charge >= 0.3 is 0 Å². The lowest BCUT2D eigenvalue weighted by Gasteiger charge is -2.22. The van der Waals surface area contributed by atoms with Gasteiger partial charge in [-0.1, -0.05) is 60.7 Å². The predicted octanol–water partition coefficient (Wildman–Crippen LogP) is 3.24. The average Bonchev–Trinajstić information content (AvgIpc) is 2.70. The molecular formula is C22H33IN4O. The van der Waals surface area contributed by atoms with Crippen molar-refractivity contribution in [2.45, 2.75) is 26.4 Å². The minimum Gasteiger partial charge on any atom is -0.395 e. The summed E-state index contributed by atoms with van der Waals surface area (Å²) < 4.78 is 0. The third-order valence-electron chi connectivity index (χ3n) is 4.15. The van der Waals surface area contributed by atoms with Crippen LogP contribution in [-0.2, 0) is 13.1 Å². The van der Waals surface area contributed by atoms with Gasteiger partial charge in [0, 0.05) is 39.3 Å². The van der Waals surface area contributed by atoms with E-state index in [-0.39, 0.29) is 30.6 Å². The van der Waals surface area contributed by atoms with E-state index in [1.165, 1.54) is 11.1 Å². The van der Waals surface area contributed by atoms with E-state index in [2.05, 4.69) is 81.2 Å². The molecule has 0 aliphatic rings. The van der Waals surface area contributed by atoms with Crippen LogP contribution in [0, 0.1) is 0 Å². The van der Waals surface area contributed by atoms with E-state index in [0.29, 0.717) is 6.54 Å². The number of aliphatic imine (C=N–C) groups is 1. The Kier molecular flexibility index (Phi) is 13.3. The minimum atomic E-state index is 0. The molecule has 0 saturated carbocycles. The monoisotopic (exact) mass is 496 g/mol. The fraction of sp³-hybridized carbons (Fsp3) is 0.409. The first-order valence-electron chi connectivity index (χ1n) is 9.75. The highest BCUT2D eigenvalue weighted by Crippen LogP contribution is 2.10. The molecule has 2 aromatic rings. The summed E-state index contributed by atoms with van der Waals surface area (Å²) in [5, 5.41) is 15.3. The van der Waals surface area contributed by atoms with Crippen LogP contribution < -0.4 is 10.6 Å². The summed E-state index contributed by atoms with van der Waals surface area (Å²) in [6, 6.07) is 21.2. The van der Waals surface area contributed by atoms with Crippen molar-refractivity contribution in [1.82, 2.24) is 15.5 Å². The molecule has 3 N–H and O–H groups in total. The van der Waals surface area contributed by atoms with Gasteiger partial charge in [-0.2, -0.15) is 0 Å². The van der Waals surface area contributed by atoms with Gasteiger partial charge in [0.2, 0.25) is 0 Å². The number of rotatable bonds is 11. The maximum atomic E-state index is 8.96. The Hall–Kier alpha value is -1.64. The van der Waals surface area contributed by atoms with E-state index < -0.39 is 0 Å². The number of halogens is 1. The van der Waals surface area contributed by atoms with E-state index in [9.17, 15) is 0 Å². The molecule has 0 aliphatic heterocycles. The standard InChI is InChI=1S/C22H32N4O.HI/c1-2-23-22(25-15-17-27)24-14-9-16-26(18-20-10-5-3-6-11-20)19-21-12-7-4-8-13-21;/h3-8,10-13,27H,2,9,14-19H2,1H3,(H2,23,24,25);1H. The molecule has 0 aliphatic carbocycles. The van der Waals surface area contributed by atoms with E-state index in [4.69, 9.17) is 5.11 Å². The Labute approximate surface area is 186 Å². The van der Waals surface area contributed by atoms with Crippen LogP contribution in [0.3, 0.4) is 0 Å². The van der Waals surface area contributed by atoms with Gasteiger partial charge in [-0.05, 0) is 24.5 Å². The van der Waals surface area contributed by atoms with Crippen molar-refractivity contribution in [2.24, 2.45) is 4.99 Å². The SMILES string of the molecule is CCNC(=NCCCN(Cc1ccccc1)Cc1ccccc1)NCCO.I. The summed E-state index contributed by atoms with van der Waals surface area (Å²) in [6.07, 6.45) is 0.982. The van der Waals surface area contributed by atoms with Crippen molar-refractivity contribution in [2.75, 3.05) is 32.8 Å². The van der Waals surface area contributed by atoms with Crippen LogP contribution in [0.2, 0.25) is 0 Å². The zero-order valence-electron chi connectivity index (χ0n) is 16.7. The third-order valence-corrected chi connectivity index (χ3v) is 4.15. The summed E-state index contributed by atoms with van der Waals surface area (Å²) in [4.78, 5) is 7.06. The average molecular weight is 496 g/mol. The van der Waals surface area contributed by atoms with E-state index in [1.807, 2.05) is 6.92 Å². The van der Waals surface area contributed by atoms with E-state index >= 15 is 0 Å². The van der Waals surface area contributed by atoms with Gasteiger partial charge < -0.3 is 15.7 Å². The van der Waals surface area contributed by atoms with Crippen molar-refractivity contribution < 1.29 is 5.11 Å². The molecule has 0 unspecified atom stereocenters. The van der Waals surface area contributed by atoms with E-state index in [1.54, 1.807) is 0 Å². The molecule has 0 saturated heterocycles. The molecule has 0 radical (unpaired) electrons. The second-order valence-electron chi connectivity index (χ2n) is 6.45. The Morgan fingerprint density at radius 1 is 0.929 bits per heavy atom. The summed E-state index contributed by atoms with van der Waals surface area (Å²) in [7, 11) is 0. The van der Waals surface area contributed by atoms with Gasteiger partial charge in [-0.25, -0.2) is 0 Å². The van der Waals surface area contributed by atoms with Crippen LogP contribution >= 0.6 is 24.0 Å². The number of hydrogen-bond acceptors (Lipinski definition) is 3. The smallest absolute Gasteiger partial charge is 0.191 e. The number of hydrogen-bond donors (Lipinski definition) is 3. The normalized spacial score (nSPS) is 11.2. The summed E-state index contributed by atoms with van der Waals surface area (Å²) in [5.41, 5.74) is 2.66.